The van der Waals surface area contributed by atoms with E-state index in [9.17, 15) is 22.3 Å². The molecule has 0 aliphatic heterocycles. The predicted octanol–water partition coefficient (Wildman–Crippen LogP) is 4.51. The van der Waals surface area contributed by atoms with Crippen LogP contribution in [0.2, 0.25) is 5.02 Å². The monoisotopic (exact) mass is 558 g/mol. The van der Waals surface area contributed by atoms with Gasteiger partial charge < -0.3 is 5.11 Å². The van der Waals surface area contributed by atoms with Crippen molar-refractivity contribution in [3.8, 4) is 0 Å². The molecule has 0 bridgehead atoms. The maximum absolute atomic E-state index is 14.9. The van der Waals surface area contributed by atoms with Crippen molar-refractivity contribution in [2.75, 3.05) is 4.72 Å². The fourth-order valence-corrected chi connectivity index (χ4v) is 5.48. The number of nitrogens with one attached hydrogen (secondary N) is 1. The molecule has 196 valence electrons. The first-order valence-electron chi connectivity index (χ1n) is 11.3. The molecule has 0 aliphatic rings. The lowest BCUT2D eigenvalue weighted by molar-refractivity contribution is -0.0354. The van der Waals surface area contributed by atoms with E-state index in [0.29, 0.717) is 27.7 Å². The smallest absolute Gasteiger partial charge is 0.261 e. The van der Waals surface area contributed by atoms with Gasteiger partial charge in [-0.25, -0.2) is 26.9 Å². The van der Waals surface area contributed by atoms with E-state index in [-0.39, 0.29) is 17.0 Å². The Morgan fingerprint density at radius 1 is 1.08 bits per heavy atom. The molecule has 0 unspecified atom stereocenters. The summed E-state index contributed by atoms with van der Waals surface area (Å²) in [6.45, 7) is 1.44. The Balaban J connectivity index is 1.51. The molecule has 0 saturated carbocycles. The normalized spacial score (nSPS) is 14.3. The number of halogens is 3. The molecule has 9 nitrogen and oxygen atoms in total. The molecule has 0 amide bonds. The molecule has 5 rings (SSSR count). The number of benzene rings is 3. The molecular formula is C25H21ClF2N6O3S. The van der Waals surface area contributed by atoms with Crippen LogP contribution in [-0.4, -0.2) is 38.1 Å². The SMILES string of the molecule is C[C@@H](n1ncc2cc(NS(=O)(=O)c3ccc(Cl)cc3)ccc21)[C@](O)(Cn1cncn1)c1ccc(F)cc1F. The van der Waals surface area contributed by atoms with Gasteiger partial charge in [0.25, 0.3) is 10.0 Å². The topological polar surface area (TPSA) is 115 Å². The number of rotatable bonds is 8. The third-order valence-electron chi connectivity index (χ3n) is 6.30. The number of fused-ring (bicyclic) bond motifs is 1. The Labute approximate surface area is 221 Å². The number of anilines is 1. The van der Waals surface area contributed by atoms with Crippen LogP contribution >= 0.6 is 11.6 Å². The highest BCUT2D eigenvalue weighted by Gasteiger charge is 2.41. The summed E-state index contributed by atoms with van der Waals surface area (Å²) in [5.41, 5.74) is -1.22. The maximum Gasteiger partial charge on any atom is 0.261 e. The number of nitrogens with zero attached hydrogens (tertiary/aromatic N) is 5. The van der Waals surface area contributed by atoms with Crippen molar-refractivity contribution in [3.05, 3.63) is 102 Å². The van der Waals surface area contributed by atoms with Gasteiger partial charge in [0, 0.05) is 27.7 Å². The molecular weight excluding hydrogens is 538 g/mol. The van der Waals surface area contributed by atoms with Gasteiger partial charge in [-0.1, -0.05) is 17.7 Å². The Kier molecular flexibility index (Phi) is 6.63. The second kappa shape index (κ2) is 9.78. The number of hydrogen-bond acceptors (Lipinski definition) is 6. The molecule has 2 N–H and O–H groups in total. The van der Waals surface area contributed by atoms with Gasteiger partial charge in [0.15, 0.2) is 0 Å². The molecule has 3 aromatic carbocycles. The lowest BCUT2D eigenvalue weighted by Gasteiger charge is -2.35. The first kappa shape index (κ1) is 25.8. The zero-order valence-electron chi connectivity index (χ0n) is 19.8. The van der Waals surface area contributed by atoms with Gasteiger partial charge in [0.05, 0.1) is 29.2 Å². The van der Waals surface area contributed by atoms with Crippen LogP contribution in [0.25, 0.3) is 10.9 Å². The first-order valence-corrected chi connectivity index (χ1v) is 13.2. The lowest BCUT2D eigenvalue weighted by atomic mass is 9.86. The zero-order chi connectivity index (χ0) is 27.1. The van der Waals surface area contributed by atoms with E-state index in [4.69, 9.17) is 11.6 Å². The van der Waals surface area contributed by atoms with Crippen molar-refractivity contribution in [2.45, 2.75) is 30.0 Å². The van der Waals surface area contributed by atoms with Gasteiger partial charge in [0.2, 0.25) is 0 Å². The van der Waals surface area contributed by atoms with E-state index in [1.54, 1.807) is 25.1 Å². The summed E-state index contributed by atoms with van der Waals surface area (Å²) in [7, 11) is -3.87. The van der Waals surface area contributed by atoms with Crippen LogP contribution in [0.5, 0.6) is 0 Å². The van der Waals surface area contributed by atoms with Gasteiger partial charge in [-0.15, -0.1) is 0 Å². The van der Waals surface area contributed by atoms with Crippen molar-refractivity contribution < 1.29 is 22.3 Å². The molecule has 0 saturated heterocycles. The van der Waals surface area contributed by atoms with Gasteiger partial charge in [-0.3, -0.25) is 9.40 Å². The highest BCUT2D eigenvalue weighted by molar-refractivity contribution is 7.92. The number of hydrogen-bond donors (Lipinski definition) is 2. The summed E-state index contributed by atoms with van der Waals surface area (Å²) in [6, 6.07) is 12.6. The minimum Gasteiger partial charge on any atom is -0.381 e. The van der Waals surface area contributed by atoms with E-state index in [1.807, 2.05) is 0 Å². The van der Waals surface area contributed by atoms with E-state index in [2.05, 4.69) is 19.9 Å². The van der Waals surface area contributed by atoms with Crippen LogP contribution in [0.3, 0.4) is 0 Å². The average molecular weight is 559 g/mol. The summed E-state index contributed by atoms with van der Waals surface area (Å²) in [5.74, 6) is -1.70. The predicted molar refractivity (Wildman–Crippen MR) is 137 cm³/mol. The third-order valence-corrected chi connectivity index (χ3v) is 7.95. The summed E-state index contributed by atoms with van der Waals surface area (Å²) in [6.07, 6.45) is 4.16. The van der Waals surface area contributed by atoms with E-state index >= 15 is 0 Å². The summed E-state index contributed by atoms with van der Waals surface area (Å²) >= 11 is 5.85. The van der Waals surface area contributed by atoms with Crippen molar-refractivity contribution >= 4 is 38.2 Å². The molecule has 0 radical (unpaired) electrons. The molecule has 38 heavy (non-hydrogen) atoms. The summed E-state index contributed by atoms with van der Waals surface area (Å²) in [4.78, 5) is 3.92. The number of aliphatic hydroxyl groups is 1. The first-order chi connectivity index (χ1) is 18.1. The van der Waals surface area contributed by atoms with Gasteiger partial charge in [-0.05, 0) is 55.5 Å². The number of sulfonamides is 1. The standard InChI is InChI=1S/C25H21ClF2N6O3S/c1-16(25(35,13-33-15-29-14-31-33)22-8-4-19(27)11-23(22)28)34-24-9-5-20(10-17(24)12-30-34)32-38(36,37)21-6-2-18(26)3-7-21/h2-12,14-16,32,35H,13H2,1H3/t16-,25-/m1/s1. The fourth-order valence-electron chi connectivity index (χ4n) is 4.30. The molecule has 0 aliphatic carbocycles. The second-order valence-corrected chi connectivity index (χ2v) is 10.9. The van der Waals surface area contributed by atoms with Crippen LogP contribution in [0.1, 0.15) is 18.5 Å². The molecule has 2 atom stereocenters. The molecule has 0 fully saturated rings. The lowest BCUT2D eigenvalue weighted by Crippen LogP contribution is -2.41. The van der Waals surface area contributed by atoms with Gasteiger partial charge in [-0.2, -0.15) is 10.2 Å². The van der Waals surface area contributed by atoms with E-state index in [0.717, 1.165) is 6.07 Å². The Bertz CT molecular complexity index is 1710. The quantitative estimate of drug-likeness (QED) is 0.290. The minimum atomic E-state index is -3.87. The fraction of sp³-hybridized carbons (Fsp3) is 0.160. The highest BCUT2D eigenvalue weighted by atomic mass is 35.5. The molecule has 2 heterocycles. The summed E-state index contributed by atoms with van der Waals surface area (Å²) in [5, 5.41) is 21.3. The van der Waals surface area contributed by atoms with Crippen LogP contribution in [0.4, 0.5) is 14.5 Å². The Morgan fingerprint density at radius 3 is 2.53 bits per heavy atom. The third kappa shape index (κ3) is 4.85. The van der Waals surface area contributed by atoms with Crippen molar-refractivity contribution in [1.82, 2.24) is 24.5 Å². The zero-order valence-corrected chi connectivity index (χ0v) is 21.4. The van der Waals surface area contributed by atoms with E-state index in [1.165, 1.54) is 58.5 Å². The molecule has 5 aromatic rings. The second-order valence-electron chi connectivity index (χ2n) is 8.74. The molecule has 13 heteroatoms. The molecule has 0 spiro atoms. The summed E-state index contributed by atoms with van der Waals surface area (Å²) < 4.78 is 59.5. The number of aromatic nitrogens is 5. The van der Waals surface area contributed by atoms with Crippen molar-refractivity contribution in [2.24, 2.45) is 0 Å². The van der Waals surface area contributed by atoms with E-state index < -0.39 is 33.3 Å². The molecule has 2 aromatic heterocycles. The Hall–Kier alpha value is -3.87. The average Bonchev–Trinajstić information content (AvgIpc) is 3.53. The Morgan fingerprint density at radius 2 is 1.84 bits per heavy atom. The van der Waals surface area contributed by atoms with Crippen molar-refractivity contribution in [1.29, 1.82) is 0 Å². The van der Waals surface area contributed by atoms with Crippen molar-refractivity contribution in [3.63, 3.8) is 0 Å². The van der Waals surface area contributed by atoms with Crippen LogP contribution in [0, 0.1) is 11.6 Å². The van der Waals surface area contributed by atoms with Crippen LogP contribution < -0.4 is 4.72 Å². The highest BCUT2D eigenvalue weighted by Crippen LogP contribution is 2.38. The van der Waals surface area contributed by atoms with Crippen LogP contribution in [-0.2, 0) is 22.2 Å². The van der Waals surface area contributed by atoms with Crippen LogP contribution in [0.15, 0.2) is 84.4 Å². The maximum atomic E-state index is 14.9. The van der Waals surface area contributed by atoms with Gasteiger partial charge >= 0.3 is 0 Å². The largest absolute Gasteiger partial charge is 0.381 e. The minimum absolute atomic E-state index is 0.0471. The van der Waals surface area contributed by atoms with Gasteiger partial charge in [0.1, 0.15) is 29.9 Å².